The highest BCUT2D eigenvalue weighted by Gasteiger charge is 2.28. The number of phenolic OH excluding ortho intramolecular Hbond substituents is 1. The molecule has 1 aromatic rings. The van der Waals surface area contributed by atoms with Crippen molar-refractivity contribution in [3.05, 3.63) is 18.2 Å². The van der Waals surface area contributed by atoms with E-state index in [9.17, 15) is 18.3 Å². The average molecular weight is 340 g/mol. The van der Waals surface area contributed by atoms with Crippen molar-refractivity contribution >= 4 is 21.6 Å². The van der Waals surface area contributed by atoms with Crippen molar-refractivity contribution in [2.45, 2.75) is 56.9 Å². The molecule has 0 aromatic heterocycles. The van der Waals surface area contributed by atoms with Crippen LogP contribution in [-0.2, 0) is 14.8 Å². The van der Waals surface area contributed by atoms with Gasteiger partial charge in [-0.25, -0.2) is 13.1 Å². The molecule has 2 rings (SSSR count). The van der Waals surface area contributed by atoms with Crippen LogP contribution in [0.4, 0.5) is 5.69 Å². The van der Waals surface area contributed by atoms with Crippen molar-refractivity contribution < 1.29 is 18.3 Å². The summed E-state index contributed by atoms with van der Waals surface area (Å²) in [5.41, 5.74) is 0.122. The SMILES string of the molecule is CCCC[C@H](C)C(=O)Nc1cc(S(=O)(=O)NC2CC2)ccc1O. The molecule has 3 N–H and O–H groups in total. The Bertz CT molecular complexity index is 669. The number of nitrogens with one attached hydrogen (secondary N) is 2. The zero-order valence-electron chi connectivity index (χ0n) is 13.5. The van der Waals surface area contributed by atoms with E-state index < -0.39 is 10.0 Å². The van der Waals surface area contributed by atoms with Crippen LogP contribution in [0.15, 0.2) is 23.1 Å². The first-order valence-electron chi connectivity index (χ1n) is 7.99. The van der Waals surface area contributed by atoms with E-state index in [4.69, 9.17) is 0 Å². The molecule has 1 fully saturated rings. The minimum atomic E-state index is -3.62. The summed E-state index contributed by atoms with van der Waals surface area (Å²) in [6, 6.07) is 3.91. The van der Waals surface area contributed by atoms with E-state index in [1.807, 2.05) is 6.92 Å². The molecule has 1 amide bonds. The molecule has 0 aliphatic heterocycles. The number of rotatable bonds is 8. The Morgan fingerprint density at radius 2 is 2.09 bits per heavy atom. The Morgan fingerprint density at radius 3 is 2.70 bits per heavy atom. The highest BCUT2D eigenvalue weighted by Crippen LogP contribution is 2.29. The van der Waals surface area contributed by atoms with Gasteiger partial charge in [0.05, 0.1) is 10.6 Å². The minimum Gasteiger partial charge on any atom is -0.506 e. The Balaban J connectivity index is 2.12. The van der Waals surface area contributed by atoms with Crippen LogP contribution in [0.1, 0.15) is 46.0 Å². The van der Waals surface area contributed by atoms with E-state index in [1.165, 1.54) is 18.2 Å². The van der Waals surface area contributed by atoms with Crippen molar-refractivity contribution in [2.75, 3.05) is 5.32 Å². The molecule has 7 heteroatoms. The second kappa shape index (κ2) is 7.31. The normalized spacial score (nSPS) is 16.1. The summed E-state index contributed by atoms with van der Waals surface area (Å²) in [5.74, 6) is -0.566. The number of aromatic hydroxyl groups is 1. The van der Waals surface area contributed by atoms with Gasteiger partial charge in [-0.15, -0.1) is 0 Å². The van der Waals surface area contributed by atoms with E-state index in [-0.39, 0.29) is 34.2 Å². The lowest BCUT2D eigenvalue weighted by Crippen LogP contribution is -2.26. The topological polar surface area (TPSA) is 95.5 Å². The number of benzene rings is 1. The zero-order chi connectivity index (χ0) is 17.0. The monoisotopic (exact) mass is 340 g/mol. The fraction of sp³-hybridized carbons (Fsp3) is 0.562. The van der Waals surface area contributed by atoms with Gasteiger partial charge in [0.1, 0.15) is 5.75 Å². The molecule has 0 saturated heterocycles. The number of phenols is 1. The molecule has 1 aliphatic carbocycles. The molecular weight excluding hydrogens is 316 g/mol. The summed E-state index contributed by atoms with van der Waals surface area (Å²) in [6.45, 7) is 3.87. The Hall–Kier alpha value is -1.60. The number of unbranched alkanes of at least 4 members (excludes halogenated alkanes) is 1. The van der Waals surface area contributed by atoms with Crippen LogP contribution in [0, 0.1) is 5.92 Å². The van der Waals surface area contributed by atoms with Gasteiger partial charge in [-0.05, 0) is 37.5 Å². The second-order valence-electron chi connectivity index (χ2n) is 6.11. The maximum absolute atomic E-state index is 12.2. The summed E-state index contributed by atoms with van der Waals surface area (Å²) in [5, 5.41) is 12.5. The van der Waals surface area contributed by atoms with Crippen LogP contribution in [0.5, 0.6) is 5.75 Å². The molecule has 0 spiro atoms. The maximum Gasteiger partial charge on any atom is 0.240 e. The maximum atomic E-state index is 12.2. The summed E-state index contributed by atoms with van der Waals surface area (Å²) >= 11 is 0. The van der Waals surface area contributed by atoms with Gasteiger partial charge in [0.25, 0.3) is 0 Å². The third-order valence-corrected chi connectivity index (χ3v) is 5.39. The van der Waals surface area contributed by atoms with Crippen molar-refractivity contribution in [2.24, 2.45) is 5.92 Å². The van der Waals surface area contributed by atoms with Gasteiger partial charge in [-0.3, -0.25) is 4.79 Å². The van der Waals surface area contributed by atoms with Gasteiger partial charge < -0.3 is 10.4 Å². The fourth-order valence-electron chi connectivity index (χ4n) is 2.17. The molecule has 0 heterocycles. The number of sulfonamides is 1. The molecule has 6 nitrogen and oxygen atoms in total. The van der Waals surface area contributed by atoms with Gasteiger partial charge in [-0.2, -0.15) is 0 Å². The van der Waals surface area contributed by atoms with Gasteiger partial charge in [-0.1, -0.05) is 26.7 Å². The van der Waals surface area contributed by atoms with Crippen LogP contribution >= 0.6 is 0 Å². The number of anilines is 1. The summed E-state index contributed by atoms with van der Waals surface area (Å²) in [6.07, 6.45) is 4.39. The highest BCUT2D eigenvalue weighted by molar-refractivity contribution is 7.89. The van der Waals surface area contributed by atoms with E-state index in [2.05, 4.69) is 17.0 Å². The molecule has 1 atom stereocenters. The summed E-state index contributed by atoms with van der Waals surface area (Å²) in [4.78, 5) is 12.2. The van der Waals surface area contributed by atoms with E-state index in [0.29, 0.717) is 0 Å². The summed E-state index contributed by atoms with van der Waals surface area (Å²) in [7, 11) is -3.62. The van der Waals surface area contributed by atoms with E-state index in [0.717, 1.165) is 32.1 Å². The standard InChI is InChI=1S/C16H24N2O4S/c1-3-4-5-11(2)16(20)17-14-10-13(8-9-15(14)19)23(21,22)18-12-6-7-12/h8-12,18-19H,3-7H2,1-2H3,(H,17,20)/t11-/m0/s1. The third kappa shape index (κ3) is 4.94. The molecule has 1 saturated carbocycles. The van der Waals surface area contributed by atoms with Gasteiger partial charge in [0.15, 0.2) is 0 Å². The molecule has 128 valence electrons. The van der Waals surface area contributed by atoms with Crippen LogP contribution < -0.4 is 10.0 Å². The predicted octanol–water partition coefficient (Wildman–Crippen LogP) is 2.60. The molecule has 23 heavy (non-hydrogen) atoms. The first-order valence-corrected chi connectivity index (χ1v) is 9.48. The lowest BCUT2D eigenvalue weighted by molar-refractivity contribution is -0.119. The zero-order valence-corrected chi connectivity index (χ0v) is 14.3. The quantitative estimate of drug-likeness (QED) is 0.634. The Labute approximate surface area is 137 Å². The number of hydrogen-bond donors (Lipinski definition) is 3. The smallest absolute Gasteiger partial charge is 0.240 e. The third-order valence-electron chi connectivity index (χ3n) is 3.87. The summed E-state index contributed by atoms with van der Waals surface area (Å²) < 4.78 is 27.0. The van der Waals surface area contributed by atoms with Crippen molar-refractivity contribution in [3.63, 3.8) is 0 Å². The van der Waals surface area contributed by atoms with Crippen LogP contribution in [0.2, 0.25) is 0 Å². The number of carbonyl (C=O) groups is 1. The number of hydrogen-bond acceptors (Lipinski definition) is 4. The van der Waals surface area contributed by atoms with Crippen LogP contribution in [-0.4, -0.2) is 25.5 Å². The minimum absolute atomic E-state index is 0.000843. The van der Waals surface area contributed by atoms with E-state index in [1.54, 1.807) is 0 Å². The van der Waals surface area contributed by atoms with Gasteiger partial charge in [0.2, 0.25) is 15.9 Å². The van der Waals surface area contributed by atoms with Crippen molar-refractivity contribution in [1.29, 1.82) is 0 Å². The lowest BCUT2D eigenvalue weighted by atomic mass is 10.0. The number of carbonyl (C=O) groups excluding carboxylic acids is 1. The molecule has 0 bridgehead atoms. The molecule has 1 aromatic carbocycles. The molecular formula is C16H24N2O4S. The van der Waals surface area contributed by atoms with Gasteiger partial charge >= 0.3 is 0 Å². The number of amides is 1. The first kappa shape index (κ1) is 17.7. The molecule has 0 radical (unpaired) electrons. The molecule has 0 unspecified atom stereocenters. The lowest BCUT2D eigenvalue weighted by Gasteiger charge is -2.14. The van der Waals surface area contributed by atoms with E-state index >= 15 is 0 Å². The largest absolute Gasteiger partial charge is 0.506 e. The highest BCUT2D eigenvalue weighted by atomic mass is 32.2. The first-order chi connectivity index (χ1) is 10.8. The van der Waals surface area contributed by atoms with Crippen LogP contribution in [0.25, 0.3) is 0 Å². The average Bonchev–Trinajstić information content (AvgIpc) is 3.29. The van der Waals surface area contributed by atoms with Gasteiger partial charge in [0, 0.05) is 12.0 Å². The Kier molecular flexibility index (Phi) is 5.64. The molecule has 1 aliphatic rings. The second-order valence-corrected chi connectivity index (χ2v) is 7.82. The Morgan fingerprint density at radius 1 is 1.39 bits per heavy atom. The predicted molar refractivity (Wildman–Crippen MR) is 88.8 cm³/mol. The van der Waals surface area contributed by atoms with Crippen LogP contribution in [0.3, 0.4) is 0 Å². The van der Waals surface area contributed by atoms with Crippen molar-refractivity contribution in [3.8, 4) is 5.75 Å². The fourth-order valence-corrected chi connectivity index (χ4v) is 3.50. The van der Waals surface area contributed by atoms with Crippen molar-refractivity contribution in [1.82, 2.24) is 4.72 Å².